The van der Waals surface area contributed by atoms with Gasteiger partial charge < -0.3 is 23.8 Å². The van der Waals surface area contributed by atoms with Crippen molar-refractivity contribution in [2.45, 2.75) is 20.0 Å². The van der Waals surface area contributed by atoms with Crippen LogP contribution in [0.25, 0.3) is 10.9 Å². The Kier molecular flexibility index (Phi) is 3.68. The van der Waals surface area contributed by atoms with Crippen molar-refractivity contribution in [1.82, 2.24) is 9.88 Å². The minimum Gasteiger partial charge on any atom is -0.467 e. The molecule has 7 nitrogen and oxygen atoms in total. The minimum atomic E-state index is -0.239. The lowest BCUT2D eigenvalue weighted by atomic mass is 10.1. The van der Waals surface area contributed by atoms with E-state index in [1.54, 1.807) is 35.4 Å². The van der Waals surface area contributed by atoms with Crippen molar-refractivity contribution >= 4 is 16.8 Å². The van der Waals surface area contributed by atoms with E-state index >= 15 is 0 Å². The monoisotopic (exact) mass is 340 g/mol. The van der Waals surface area contributed by atoms with Gasteiger partial charge in [0.1, 0.15) is 5.76 Å². The van der Waals surface area contributed by atoms with E-state index in [1.807, 2.05) is 6.07 Å². The van der Waals surface area contributed by atoms with Crippen LogP contribution >= 0.6 is 0 Å². The van der Waals surface area contributed by atoms with Gasteiger partial charge >= 0.3 is 0 Å². The molecule has 0 saturated heterocycles. The summed E-state index contributed by atoms with van der Waals surface area (Å²) in [5.41, 5.74) is 0.920. The molecule has 0 spiro atoms. The van der Waals surface area contributed by atoms with Crippen molar-refractivity contribution in [3.8, 4) is 11.5 Å². The van der Waals surface area contributed by atoms with Gasteiger partial charge in [0.25, 0.3) is 5.56 Å². The predicted octanol–water partition coefficient (Wildman–Crippen LogP) is 2.40. The first kappa shape index (κ1) is 15.3. The van der Waals surface area contributed by atoms with Gasteiger partial charge in [0.05, 0.1) is 24.9 Å². The van der Waals surface area contributed by atoms with E-state index in [4.69, 9.17) is 13.9 Å². The molecule has 3 aromatic rings. The Hall–Kier alpha value is -3.22. The quantitative estimate of drug-likeness (QED) is 0.788. The van der Waals surface area contributed by atoms with Crippen LogP contribution in [0.3, 0.4) is 0 Å². The molecule has 1 aliphatic rings. The predicted molar refractivity (Wildman–Crippen MR) is 89.3 cm³/mol. The summed E-state index contributed by atoms with van der Waals surface area (Å²) in [4.78, 5) is 28.7. The number of pyridine rings is 1. The maximum absolute atomic E-state index is 12.4. The number of ether oxygens (including phenoxy) is 2. The van der Waals surface area contributed by atoms with Gasteiger partial charge in [0.15, 0.2) is 11.5 Å². The number of carbonyl (C=O) groups is 1. The summed E-state index contributed by atoms with van der Waals surface area (Å²) < 4.78 is 16.0. The number of furan rings is 1. The second kappa shape index (κ2) is 6.01. The highest BCUT2D eigenvalue weighted by Gasteiger charge is 2.17. The summed E-state index contributed by atoms with van der Waals surface area (Å²) in [6.45, 7) is 2.14. The van der Waals surface area contributed by atoms with Gasteiger partial charge in [-0.25, -0.2) is 0 Å². The van der Waals surface area contributed by atoms with Gasteiger partial charge in [0, 0.05) is 23.9 Å². The molecular formula is C18H16N2O5. The number of nitrogens with one attached hydrogen (secondary N) is 1. The lowest BCUT2D eigenvalue weighted by Gasteiger charge is -2.19. The lowest BCUT2D eigenvalue weighted by Crippen LogP contribution is -2.30. The number of carbonyl (C=O) groups excluding carboxylic acids is 1. The third-order valence-electron chi connectivity index (χ3n) is 4.15. The van der Waals surface area contributed by atoms with E-state index in [1.165, 1.54) is 6.92 Å². The van der Waals surface area contributed by atoms with Crippen LogP contribution in [0.4, 0.5) is 0 Å². The summed E-state index contributed by atoms with van der Waals surface area (Å²) >= 11 is 0. The van der Waals surface area contributed by atoms with Crippen molar-refractivity contribution in [3.05, 3.63) is 58.3 Å². The zero-order chi connectivity index (χ0) is 17.4. The van der Waals surface area contributed by atoms with Crippen LogP contribution in [0.15, 0.2) is 45.8 Å². The molecule has 0 saturated carbocycles. The molecule has 1 amide bonds. The number of H-pyrrole nitrogens is 1. The molecule has 0 unspecified atom stereocenters. The van der Waals surface area contributed by atoms with Crippen molar-refractivity contribution in [3.63, 3.8) is 0 Å². The number of rotatable bonds is 4. The van der Waals surface area contributed by atoms with E-state index < -0.39 is 0 Å². The summed E-state index contributed by atoms with van der Waals surface area (Å²) in [7, 11) is 0. The number of fused-ring (bicyclic) bond motifs is 2. The van der Waals surface area contributed by atoms with Crippen molar-refractivity contribution in [1.29, 1.82) is 0 Å². The Labute approximate surface area is 142 Å². The van der Waals surface area contributed by atoms with Crippen LogP contribution in [0.5, 0.6) is 11.5 Å². The van der Waals surface area contributed by atoms with Crippen LogP contribution in [-0.2, 0) is 17.9 Å². The number of hydrogen-bond acceptors (Lipinski definition) is 5. The van der Waals surface area contributed by atoms with Gasteiger partial charge in [-0.05, 0) is 24.3 Å². The van der Waals surface area contributed by atoms with E-state index in [0.29, 0.717) is 34.9 Å². The Bertz CT molecular complexity index is 991. The normalized spacial score (nSPS) is 12.5. The van der Waals surface area contributed by atoms with Crippen LogP contribution in [0, 0.1) is 0 Å². The zero-order valence-corrected chi connectivity index (χ0v) is 13.6. The molecule has 0 aliphatic carbocycles. The van der Waals surface area contributed by atoms with E-state index in [0.717, 1.165) is 5.39 Å². The summed E-state index contributed by atoms with van der Waals surface area (Å²) in [6.07, 6.45) is 1.55. The number of benzene rings is 1. The Balaban J connectivity index is 1.67. The van der Waals surface area contributed by atoms with E-state index in [9.17, 15) is 9.59 Å². The van der Waals surface area contributed by atoms with Crippen LogP contribution < -0.4 is 15.0 Å². The van der Waals surface area contributed by atoms with Gasteiger partial charge in [-0.1, -0.05) is 0 Å². The van der Waals surface area contributed by atoms with Crippen LogP contribution in [0.1, 0.15) is 18.2 Å². The third kappa shape index (κ3) is 2.96. The van der Waals surface area contributed by atoms with Crippen molar-refractivity contribution < 1.29 is 18.7 Å². The SMILES string of the molecule is CC(=O)N(Cc1ccco1)Cc1cc2cc3c(cc2[nH]c1=O)OCO3. The Morgan fingerprint density at radius 3 is 2.72 bits per heavy atom. The van der Waals surface area contributed by atoms with Gasteiger partial charge in [-0.3, -0.25) is 9.59 Å². The number of amides is 1. The fourth-order valence-corrected chi connectivity index (χ4v) is 2.83. The molecular weight excluding hydrogens is 324 g/mol. The molecule has 128 valence electrons. The lowest BCUT2D eigenvalue weighted by molar-refractivity contribution is -0.130. The van der Waals surface area contributed by atoms with Gasteiger partial charge in [-0.15, -0.1) is 0 Å². The third-order valence-corrected chi connectivity index (χ3v) is 4.15. The first-order valence-corrected chi connectivity index (χ1v) is 7.83. The standard InChI is InChI=1S/C18H16N2O5/c1-11(21)20(9-14-3-2-4-23-14)8-13-5-12-6-16-17(25-10-24-16)7-15(12)19-18(13)22/h2-7H,8-10H2,1H3,(H,19,22). The maximum atomic E-state index is 12.4. The molecule has 4 rings (SSSR count). The highest BCUT2D eigenvalue weighted by Crippen LogP contribution is 2.35. The highest BCUT2D eigenvalue weighted by molar-refractivity contribution is 5.83. The second-order valence-corrected chi connectivity index (χ2v) is 5.87. The molecule has 2 aromatic heterocycles. The largest absolute Gasteiger partial charge is 0.467 e. The van der Waals surface area contributed by atoms with Crippen LogP contribution in [0.2, 0.25) is 0 Å². The number of aromatic amines is 1. The molecule has 0 radical (unpaired) electrons. The summed E-state index contributed by atoms with van der Waals surface area (Å²) in [5.74, 6) is 1.78. The van der Waals surface area contributed by atoms with Gasteiger partial charge in [0.2, 0.25) is 12.7 Å². The maximum Gasteiger partial charge on any atom is 0.253 e. The molecule has 1 aliphatic heterocycles. The molecule has 3 heterocycles. The smallest absolute Gasteiger partial charge is 0.253 e. The molecule has 1 aromatic carbocycles. The van der Waals surface area contributed by atoms with Gasteiger partial charge in [-0.2, -0.15) is 0 Å². The van der Waals surface area contributed by atoms with E-state index in [2.05, 4.69) is 4.98 Å². The number of hydrogen-bond donors (Lipinski definition) is 1. The molecule has 25 heavy (non-hydrogen) atoms. The number of aromatic nitrogens is 1. The fraction of sp³-hybridized carbons (Fsp3) is 0.222. The highest BCUT2D eigenvalue weighted by atomic mass is 16.7. The van der Waals surface area contributed by atoms with E-state index in [-0.39, 0.29) is 24.8 Å². The molecule has 1 N–H and O–H groups in total. The molecule has 0 bridgehead atoms. The summed E-state index contributed by atoms with van der Waals surface area (Å²) in [6, 6.07) is 8.89. The average molecular weight is 340 g/mol. The van der Waals surface area contributed by atoms with Crippen molar-refractivity contribution in [2.24, 2.45) is 0 Å². The topological polar surface area (TPSA) is 84.8 Å². The fourth-order valence-electron chi connectivity index (χ4n) is 2.83. The Morgan fingerprint density at radius 2 is 2.00 bits per heavy atom. The zero-order valence-electron chi connectivity index (χ0n) is 13.6. The molecule has 0 atom stereocenters. The summed E-state index contributed by atoms with van der Waals surface area (Å²) in [5, 5.41) is 0.820. The van der Waals surface area contributed by atoms with Crippen molar-refractivity contribution in [2.75, 3.05) is 6.79 Å². The average Bonchev–Trinajstić information content (AvgIpc) is 3.23. The number of nitrogens with zero attached hydrogens (tertiary/aromatic N) is 1. The minimum absolute atomic E-state index is 0.137. The molecule has 7 heteroatoms. The van der Waals surface area contributed by atoms with Crippen LogP contribution in [-0.4, -0.2) is 22.6 Å². The molecule has 0 fully saturated rings. The Morgan fingerprint density at radius 1 is 1.20 bits per heavy atom. The first-order chi connectivity index (χ1) is 12.1. The first-order valence-electron chi connectivity index (χ1n) is 7.83. The second-order valence-electron chi connectivity index (χ2n) is 5.87.